The first-order valence-electron chi connectivity index (χ1n) is 4.79. The van der Waals surface area contributed by atoms with Crippen molar-refractivity contribution in [2.24, 2.45) is 5.41 Å². The van der Waals surface area contributed by atoms with E-state index >= 15 is 0 Å². The second kappa shape index (κ2) is 4.81. The topological polar surface area (TPSA) is 53.2 Å². The Bertz CT molecular complexity index is 370. The van der Waals surface area contributed by atoms with Crippen LogP contribution < -0.4 is 4.74 Å². The average molecular weight is 205 g/mol. The number of aliphatic hydroxyl groups excluding tert-OH is 1. The minimum Gasteiger partial charge on any atom is -0.496 e. The summed E-state index contributed by atoms with van der Waals surface area (Å²) < 4.78 is 5.19. The SMILES string of the molecule is COc1ccccc1CC(C)(C#N)CO. The molecule has 80 valence electrons. The van der Waals surface area contributed by atoms with Crippen molar-refractivity contribution in [3.63, 3.8) is 0 Å². The predicted molar refractivity (Wildman–Crippen MR) is 57.5 cm³/mol. The van der Waals surface area contributed by atoms with Gasteiger partial charge in [0, 0.05) is 0 Å². The molecule has 0 spiro atoms. The first-order valence-corrected chi connectivity index (χ1v) is 4.79. The van der Waals surface area contributed by atoms with E-state index in [2.05, 4.69) is 6.07 Å². The van der Waals surface area contributed by atoms with E-state index in [-0.39, 0.29) is 6.61 Å². The maximum Gasteiger partial charge on any atom is 0.122 e. The van der Waals surface area contributed by atoms with E-state index in [0.29, 0.717) is 6.42 Å². The van der Waals surface area contributed by atoms with Gasteiger partial charge in [-0.05, 0) is 25.0 Å². The summed E-state index contributed by atoms with van der Waals surface area (Å²) in [5.41, 5.74) is 0.201. The van der Waals surface area contributed by atoms with Crippen molar-refractivity contribution in [3.05, 3.63) is 29.8 Å². The van der Waals surface area contributed by atoms with Gasteiger partial charge in [0.2, 0.25) is 0 Å². The summed E-state index contributed by atoms with van der Waals surface area (Å²) in [5, 5.41) is 18.1. The van der Waals surface area contributed by atoms with Crippen LogP contribution in [0.5, 0.6) is 5.75 Å². The number of rotatable bonds is 4. The van der Waals surface area contributed by atoms with Gasteiger partial charge in [0.15, 0.2) is 0 Å². The van der Waals surface area contributed by atoms with Crippen LogP contribution in [-0.2, 0) is 6.42 Å². The zero-order valence-corrected chi connectivity index (χ0v) is 9.03. The van der Waals surface area contributed by atoms with Crippen molar-refractivity contribution in [1.29, 1.82) is 5.26 Å². The number of ether oxygens (including phenoxy) is 1. The van der Waals surface area contributed by atoms with Crippen molar-refractivity contribution >= 4 is 0 Å². The number of nitriles is 1. The van der Waals surface area contributed by atoms with Gasteiger partial charge in [0.1, 0.15) is 5.75 Å². The Morgan fingerprint density at radius 3 is 2.67 bits per heavy atom. The summed E-state index contributed by atoms with van der Waals surface area (Å²) >= 11 is 0. The number of hydrogen-bond donors (Lipinski definition) is 1. The van der Waals surface area contributed by atoms with Crippen LogP contribution in [0.25, 0.3) is 0 Å². The van der Waals surface area contributed by atoms with Crippen LogP contribution in [0.15, 0.2) is 24.3 Å². The molecular formula is C12H15NO2. The first kappa shape index (κ1) is 11.5. The van der Waals surface area contributed by atoms with Crippen LogP contribution in [-0.4, -0.2) is 18.8 Å². The molecule has 1 aromatic carbocycles. The summed E-state index contributed by atoms with van der Waals surface area (Å²) in [4.78, 5) is 0. The number of aliphatic hydroxyl groups is 1. The molecule has 1 unspecified atom stereocenters. The molecule has 0 aromatic heterocycles. The summed E-state index contributed by atoms with van der Waals surface area (Å²) in [6, 6.07) is 9.66. The highest BCUT2D eigenvalue weighted by molar-refractivity contribution is 5.34. The monoisotopic (exact) mass is 205 g/mol. The van der Waals surface area contributed by atoms with Crippen LogP contribution in [0.1, 0.15) is 12.5 Å². The van der Waals surface area contributed by atoms with Crippen LogP contribution >= 0.6 is 0 Å². The molecule has 1 rings (SSSR count). The third-order valence-corrected chi connectivity index (χ3v) is 2.39. The van der Waals surface area contributed by atoms with Gasteiger partial charge in [0.05, 0.1) is 25.2 Å². The van der Waals surface area contributed by atoms with Crippen molar-refractivity contribution in [3.8, 4) is 11.8 Å². The molecule has 0 radical (unpaired) electrons. The second-order valence-corrected chi connectivity index (χ2v) is 3.82. The maximum atomic E-state index is 9.15. The van der Waals surface area contributed by atoms with Crippen molar-refractivity contribution in [2.75, 3.05) is 13.7 Å². The van der Waals surface area contributed by atoms with E-state index in [9.17, 15) is 0 Å². The molecule has 1 atom stereocenters. The van der Waals surface area contributed by atoms with Crippen molar-refractivity contribution in [2.45, 2.75) is 13.3 Å². The van der Waals surface area contributed by atoms with Crippen molar-refractivity contribution in [1.82, 2.24) is 0 Å². The molecule has 0 saturated heterocycles. The molecule has 0 amide bonds. The Morgan fingerprint density at radius 1 is 1.47 bits per heavy atom. The number of methoxy groups -OCH3 is 1. The number of nitrogens with zero attached hydrogens (tertiary/aromatic N) is 1. The lowest BCUT2D eigenvalue weighted by molar-refractivity contribution is 0.189. The van der Waals surface area contributed by atoms with E-state index < -0.39 is 5.41 Å². The summed E-state index contributed by atoms with van der Waals surface area (Å²) in [7, 11) is 1.60. The standard InChI is InChI=1S/C12H15NO2/c1-12(8-13,9-14)7-10-5-3-4-6-11(10)15-2/h3-6,14H,7,9H2,1-2H3. The normalized spacial score (nSPS) is 14.0. The molecule has 0 aliphatic carbocycles. The number of para-hydroxylation sites is 1. The molecule has 0 heterocycles. The molecule has 0 aliphatic heterocycles. The molecule has 1 N–H and O–H groups in total. The zero-order valence-electron chi connectivity index (χ0n) is 9.03. The van der Waals surface area contributed by atoms with Crippen LogP contribution in [0, 0.1) is 16.7 Å². The number of benzene rings is 1. The van der Waals surface area contributed by atoms with Gasteiger partial charge in [-0.3, -0.25) is 0 Å². The smallest absolute Gasteiger partial charge is 0.122 e. The fourth-order valence-corrected chi connectivity index (χ4v) is 1.40. The Balaban J connectivity index is 2.94. The van der Waals surface area contributed by atoms with Gasteiger partial charge in [-0.2, -0.15) is 5.26 Å². The highest BCUT2D eigenvalue weighted by atomic mass is 16.5. The molecule has 0 bridgehead atoms. The predicted octanol–water partition coefficient (Wildman–Crippen LogP) is 1.76. The number of hydrogen-bond acceptors (Lipinski definition) is 3. The van der Waals surface area contributed by atoms with Gasteiger partial charge >= 0.3 is 0 Å². The largest absolute Gasteiger partial charge is 0.496 e. The third kappa shape index (κ3) is 2.71. The van der Waals surface area contributed by atoms with E-state index in [4.69, 9.17) is 15.1 Å². The van der Waals surface area contributed by atoms with Gasteiger partial charge in [-0.1, -0.05) is 18.2 Å². The lowest BCUT2D eigenvalue weighted by atomic mass is 9.86. The minimum absolute atomic E-state index is 0.151. The van der Waals surface area contributed by atoms with Gasteiger partial charge in [-0.15, -0.1) is 0 Å². The van der Waals surface area contributed by atoms with Gasteiger partial charge in [0.25, 0.3) is 0 Å². The van der Waals surface area contributed by atoms with Gasteiger partial charge < -0.3 is 9.84 Å². The third-order valence-electron chi connectivity index (χ3n) is 2.39. The lowest BCUT2D eigenvalue weighted by Crippen LogP contribution is -2.22. The zero-order chi connectivity index (χ0) is 11.3. The highest BCUT2D eigenvalue weighted by Crippen LogP contribution is 2.26. The Hall–Kier alpha value is -1.53. The minimum atomic E-state index is -0.741. The van der Waals surface area contributed by atoms with Gasteiger partial charge in [-0.25, -0.2) is 0 Å². The average Bonchev–Trinajstić information content (AvgIpc) is 2.29. The molecule has 0 fully saturated rings. The van der Waals surface area contributed by atoms with Crippen molar-refractivity contribution < 1.29 is 9.84 Å². The summed E-state index contributed by atoms with van der Waals surface area (Å²) in [5.74, 6) is 0.757. The summed E-state index contributed by atoms with van der Waals surface area (Å²) in [6.45, 7) is 1.58. The lowest BCUT2D eigenvalue weighted by Gasteiger charge is -2.19. The van der Waals surface area contributed by atoms with Crippen LogP contribution in [0.3, 0.4) is 0 Å². The van der Waals surface area contributed by atoms with E-state index in [1.165, 1.54) is 0 Å². The molecule has 0 aliphatic rings. The Morgan fingerprint density at radius 2 is 2.13 bits per heavy atom. The van der Waals surface area contributed by atoms with E-state index in [0.717, 1.165) is 11.3 Å². The van der Waals surface area contributed by atoms with E-state index in [1.54, 1.807) is 14.0 Å². The van der Waals surface area contributed by atoms with Crippen LogP contribution in [0.2, 0.25) is 0 Å². The summed E-state index contributed by atoms with van der Waals surface area (Å²) in [6.07, 6.45) is 0.490. The molecule has 1 aromatic rings. The molecule has 3 heteroatoms. The maximum absolute atomic E-state index is 9.15. The first-order chi connectivity index (χ1) is 7.15. The van der Waals surface area contributed by atoms with E-state index in [1.807, 2.05) is 24.3 Å². The molecule has 15 heavy (non-hydrogen) atoms. The molecule has 3 nitrogen and oxygen atoms in total. The van der Waals surface area contributed by atoms with Crippen LogP contribution in [0.4, 0.5) is 0 Å². The highest BCUT2D eigenvalue weighted by Gasteiger charge is 2.24. The Kier molecular flexibility index (Phi) is 3.70. The fraction of sp³-hybridized carbons (Fsp3) is 0.417. The molecule has 0 saturated carbocycles. The fourth-order valence-electron chi connectivity index (χ4n) is 1.40. The second-order valence-electron chi connectivity index (χ2n) is 3.82. The quantitative estimate of drug-likeness (QED) is 0.814. The molecular weight excluding hydrogens is 190 g/mol. The Labute approximate surface area is 89.9 Å².